The molecule has 1 amide bonds. The maximum absolute atomic E-state index is 12.5. The maximum Gasteiger partial charge on any atom is 0.274 e. The summed E-state index contributed by atoms with van der Waals surface area (Å²) in [7, 11) is 0. The standard InChI is InChI=1S/C24H24N4O2/c1-2-3-8-18-12-14-20(15-13-18)25-22(29)17-28-16-7-11-21(28)24-26-23(27-30-24)19-9-5-4-6-10-19/h4-7,9-16H,2-3,8,17H2,1H3,(H,25,29). The van der Waals surface area contributed by atoms with Gasteiger partial charge in [-0.25, -0.2) is 0 Å². The van der Waals surface area contributed by atoms with Crippen molar-refractivity contribution >= 4 is 11.6 Å². The molecule has 0 fully saturated rings. The second-order valence-corrected chi connectivity index (χ2v) is 7.16. The fourth-order valence-corrected chi connectivity index (χ4v) is 3.27. The molecule has 1 N–H and O–H groups in total. The molecule has 2 heterocycles. The van der Waals surface area contributed by atoms with E-state index in [9.17, 15) is 4.79 Å². The predicted octanol–water partition coefficient (Wildman–Crippen LogP) is 5.19. The molecular weight excluding hydrogens is 376 g/mol. The molecule has 30 heavy (non-hydrogen) atoms. The number of unbranched alkanes of at least 4 members (excludes halogenated alkanes) is 1. The van der Waals surface area contributed by atoms with E-state index in [1.165, 1.54) is 18.4 Å². The molecule has 2 aromatic carbocycles. The molecule has 6 nitrogen and oxygen atoms in total. The van der Waals surface area contributed by atoms with Crippen molar-refractivity contribution in [2.45, 2.75) is 32.7 Å². The van der Waals surface area contributed by atoms with E-state index in [1.54, 1.807) is 4.57 Å². The number of hydrogen-bond acceptors (Lipinski definition) is 4. The lowest BCUT2D eigenvalue weighted by Crippen LogP contribution is -2.18. The number of hydrogen-bond donors (Lipinski definition) is 1. The SMILES string of the molecule is CCCCc1ccc(NC(=O)Cn2cccc2-c2nc(-c3ccccc3)no2)cc1. The van der Waals surface area contributed by atoms with Gasteiger partial charge in [-0.3, -0.25) is 4.79 Å². The second-order valence-electron chi connectivity index (χ2n) is 7.16. The summed E-state index contributed by atoms with van der Waals surface area (Å²) in [6.45, 7) is 2.34. The fraction of sp³-hybridized carbons (Fsp3) is 0.208. The lowest BCUT2D eigenvalue weighted by atomic mass is 10.1. The lowest BCUT2D eigenvalue weighted by molar-refractivity contribution is -0.116. The number of aromatic nitrogens is 3. The molecule has 0 saturated heterocycles. The quantitative estimate of drug-likeness (QED) is 0.442. The number of aryl methyl sites for hydroxylation is 1. The molecule has 0 spiro atoms. The molecule has 152 valence electrons. The van der Waals surface area contributed by atoms with Crippen LogP contribution in [-0.2, 0) is 17.8 Å². The average Bonchev–Trinajstić information content (AvgIpc) is 3.43. The number of nitrogens with one attached hydrogen (secondary N) is 1. The van der Waals surface area contributed by atoms with E-state index >= 15 is 0 Å². The minimum atomic E-state index is -0.114. The van der Waals surface area contributed by atoms with Crippen molar-refractivity contribution in [1.29, 1.82) is 0 Å². The highest BCUT2D eigenvalue weighted by Gasteiger charge is 2.15. The van der Waals surface area contributed by atoms with Crippen LogP contribution in [0.4, 0.5) is 5.69 Å². The van der Waals surface area contributed by atoms with E-state index in [1.807, 2.05) is 60.8 Å². The minimum Gasteiger partial charge on any atom is -0.334 e. The van der Waals surface area contributed by atoms with E-state index in [4.69, 9.17) is 4.52 Å². The van der Waals surface area contributed by atoms with E-state index < -0.39 is 0 Å². The van der Waals surface area contributed by atoms with Crippen LogP contribution in [0, 0.1) is 0 Å². The number of carbonyl (C=O) groups excluding carboxylic acids is 1. The highest BCUT2D eigenvalue weighted by molar-refractivity contribution is 5.90. The average molecular weight is 400 g/mol. The zero-order valence-electron chi connectivity index (χ0n) is 16.9. The van der Waals surface area contributed by atoms with Gasteiger partial charge < -0.3 is 14.4 Å². The Morgan fingerprint density at radius 3 is 2.60 bits per heavy atom. The van der Waals surface area contributed by atoms with Crippen LogP contribution in [0.25, 0.3) is 23.0 Å². The van der Waals surface area contributed by atoms with Crippen LogP contribution in [0.15, 0.2) is 77.4 Å². The van der Waals surface area contributed by atoms with E-state index in [0.717, 1.165) is 17.7 Å². The highest BCUT2D eigenvalue weighted by atomic mass is 16.5. The molecule has 0 saturated carbocycles. The first kappa shape index (κ1) is 19.6. The van der Waals surface area contributed by atoms with Crippen LogP contribution >= 0.6 is 0 Å². The number of anilines is 1. The van der Waals surface area contributed by atoms with Gasteiger partial charge in [0, 0.05) is 17.4 Å². The zero-order chi connectivity index (χ0) is 20.8. The van der Waals surface area contributed by atoms with Crippen LogP contribution in [0.5, 0.6) is 0 Å². The molecule has 0 aliphatic heterocycles. The van der Waals surface area contributed by atoms with Gasteiger partial charge in [-0.1, -0.05) is 61.0 Å². The van der Waals surface area contributed by atoms with Gasteiger partial charge in [-0.05, 0) is 42.7 Å². The molecule has 0 unspecified atom stereocenters. The minimum absolute atomic E-state index is 0.114. The molecule has 0 atom stereocenters. The highest BCUT2D eigenvalue weighted by Crippen LogP contribution is 2.22. The molecule has 2 aromatic heterocycles. The van der Waals surface area contributed by atoms with E-state index in [0.29, 0.717) is 17.4 Å². The first-order valence-electron chi connectivity index (χ1n) is 10.2. The first-order chi connectivity index (χ1) is 14.7. The third-order valence-corrected chi connectivity index (χ3v) is 4.88. The van der Waals surface area contributed by atoms with Crippen molar-refractivity contribution < 1.29 is 9.32 Å². The molecule has 4 aromatic rings. The zero-order valence-corrected chi connectivity index (χ0v) is 16.9. The Morgan fingerprint density at radius 1 is 1.03 bits per heavy atom. The van der Waals surface area contributed by atoms with Crippen molar-refractivity contribution in [3.63, 3.8) is 0 Å². The number of rotatable bonds is 8. The monoisotopic (exact) mass is 400 g/mol. The van der Waals surface area contributed by atoms with E-state index in [-0.39, 0.29) is 12.5 Å². The maximum atomic E-state index is 12.5. The van der Waals surface area contributed by atoms with Gasteiger partial charge in [0.15, 0.2) is 0 Å². The van der Waals surface area contributed by atoms with Crippen LogP contribution in [0.1, 0.15) is 25.3 Å². The third kappa shape index (κ3) is 4.66. The molecule has 4 rings (SSSR count). The summed E-state index contributed by atoms with van der Waals surface area (Å²) in [5, 5.41) is 7.01. The van der Waals surface area contributed by atoms with Crippen LogP contribution < -0.4 is 5.32 Å². The lowest BCUT2D eigenvalue weighted by Gasteiger charge is -2.09. The number of nitrogens with zero attached hydrogens (tertiary/aromatic N) is 3. The van der Waals surface area contributed by atoms with Crippen LogP contribution in [0.2, 0.25) is 0 Å². The Balaban J connectivity index is 1.42. The smallest absolute Gasteiger partial charge is 0.274 e. The van der Waals surface area contributed by atoms with Crippen molar-refractivity contribution in [3.05, 3.63) is 78.5 Å². The Labute approximate surface area is 175 Å². The van der Waals surface area contributed by atoms with Gasteiger partial charge in [0.2, 0.25) is 11.7 Å². The third-order valence-electron chi connectivity index (χ3n) is 4.88. The summed E-state index contributed by atoms with van der Waals surface area (Å²) in [5.41, 5.74) is 3.66. The van der Waals surface area contributed by atoms with Gasteiger partial charge in [0.1, 0.15) is 12.2 Å². The molecule has 0 bridgehead atoms. The normalized spacial score (nSPS) is 10.8. The molecule has 0 radical (unpaired) electrons. The van der Waals surface area contributed by atoms with Crippen molar-refractivity contribution in [2.75, 3.05) is 5.32 Å². The van der Waals surface area contributed by atoms with Crippen molar-refractivity contribution in [1.82, 2.24) is 14.7 Å². The summed E-state index contributed by atoms with van der Waals surface area (Å²) >= 11 is 0. The Morgan fingerprint density at radius 2 is 1.83 bits per heavy atom. The van der Waals surface area contributed by atoms with Crippen LogP contribution in [-0.4, -0.2) is 20.6 Å². The molecule has 0 aliphatic rings. The summed E-state index contributed by atoms with van der Waals surface area (Å²) < 4.78 is 7.23. The van der Waals surface area contributed by atoms with E-state index in [2.05, 4.69) is 34.5 Å². The Hall–Kier alpha value is -3.67. The Bertz CT molecular complexity index is 1100. The molecule has 0 aliphatic carbocycles. The van der Waals surface area contributed by atoms with Gasteiger partial charge in [0.05, 0.1) is 0 Å². The topological polar surface area (TPSA) is 73.0 Å². The summed E-state index contributed by atoms with van der Waals surface area (Å²) in [5.74, 6) is 0.787. The summed E-state index contributed by atoms with van der Waals surface area (Å²) in [6.07, 6.45) is 5.23. The number of amides is 1. The first-order valence-corrected chi connectivity index (χ1v) is 10.2. The van der Waals surface area contributed by atoms with Gasteiger partial charge >= 0.3 is 0 Å². The van der Waals surface area contributed by atoms with Gasteiger partial charge in [0.25, 0.3) is 5.89 Å². The Kier molecular flexibility index (Phi) is 6.03. The second kappa shape index (κ2) is 9.22. The largest absolute Gasteiger partial charge is 0.334 e. The predicted molar refractivity (Wildman–Crippen MR) is 117 cm³/mol. The number of carbonyl (C=O) groups is 1. The van der Waals surface area contributed by atoms with Crippen LogP contribution in [0.3, 0.4) is 0 Å². The number of benzene rings is 2. The summed E-state index contributed by atoms with van der Waals surface area (Å²) in [6, 6.07) is 21.4. The van der Waals surface area contributed by atoms with Crippen molar-refractivity contribution in [2.24, 2.45) is 0 Å². The molecule has 6 heteroatoms. The van der Waals surface area contributed by atoms with Crippen molar-refractivity contribution in [3.8, 4) is 23.0 Å². The van der Waals surface area contributed by atoms with Gasteiger partial charge in [-0.15, -0.1) is 0 Å². The van der Waals surface area contributed by atoms with Gasteiger partial charge in [-0.2, -0.15) is 4.98 Å². The fourth-order valence-electron chi connectivity index (χ4n) is 3.27. The summed E-state index contributed by atoms with van der Waals surface area (Å²) in [4.78, 5) is 17.0. The molecular formula is C24H24N4O2.